The molecule has 1 amide bonds. The van der Waals surface area contributed by atoms with Gasteiger partial charge in [0.25, 0.3) is 11.5 Å². The number of fused-ring (bicyclic) bond motifs is 1. The van der Waals surface area contributed by atoms with Crippen molar-refractivity contribution in [2.75, 3.05) is 38.1 Å². The second-order valence-electron chi connectivity index (χ2n) is 7.95. The number of H-pyrrole nitrogens is 1. The number of amides is 1. The smallest absolute Gasteiger partial charge is 0.269 e. The number of aromatic nitrogens is 2. The van der Waals surface area contributed by atoms with E-state index in [0.29, 0.717) is 38.2 Å². The summed E-state index contributed by atoms with van der Waals surface area (Å²) in [5, 5.41) is 2.46. The van der Waals surface area contributed by atoms with Crippen LogP contribution in [0.15, 0.2) is 29.1 Å². The van der Waals surface area contributed by atoms with Crippen LogP contribution in [0.1, 0.15) is 28.5 Å². The maximum absolute atomic E-state index is 15.1. The second-order valence-corrected chi connectivity index (χ2v) is 7.95. The van der Waals surface area contributed by atoms with E-state index in [9.17, 15) is 18.4 Å². The molecule has 4 rings (SSSR count). The number of pyridine rings is 2. The van der Waals surface area contributed by atoms with Gasteiger partial charge in [0.05, 0.1) is 11.2 Å². The molecule has 0 spiro atoms. The number of rotatable bonds is 5. The third-order valence-corrected chi connectivity index (χ3v) is 5.95. The number of aryl methyl sites for hydroxylation is 1. The van der Waals surface area contributed by atoms with Crippen LogP contribution in [0, 0.1) is 17.6 Å². The molecule has 33 heavy (non-hydrogen) atoms. The third kappa shape index (κ3) is 4.43. The Labute approximate surface area is 188 Å². The minimum atomic E-state index is -0.734. The predicted octanol–water partition coefficient (Wildman–Crippen LogP) is 2.58. The fourth-order valence-electron chi connectivity index (χ4n) is 4.07. The predicted molar refractivity (Wildman–Crippen MR) is 119 cm³/mol. The number of benzene rings is 1. The average molecular weight is 459 g/mol. The zero-order chi connectivity index (χ0) is 23.7. The van der Waals surface area contributed by atoms with Crippen molar-refractivity contribution in [1.82, 2.24) is 20.2 Å². The molecule has 3 aromatic rings. The quantitative estimate of drug-likeness (QED) is 0.574. The SMILES string of the molecule is CCc1cc2c(F)cc(CN3CCN(c4ccc(C(=O)NC)nc4F)CC3)c(F)c2[nH]c1=O. The first-order chi connectivity index (χ1) is 15.8. The number of piperazine rings is 1. The summed E-state index contributed by atoms with van der Waals surface area (Å²) in [5.41, 5.74) is 0.276. The number of hydrogen-bond donors (Lipinski definition) is 2. The summed E-state index contributed by atoms with van der Waals surface area (Å²) >= 11 is 0. The normalized spacial score (nSPS) is 14.6. The maximum atomic E-state index is 15.1. The lowest BCUT2D eigenvalue weighted by molar-refractivity contribution is 0.0957. The summed E-state index contributed by atoms with van der Waals surface area (Å²) in [4.78, 5) is 33.6. The zero-order valence-electron chi connectivity index (χ0n) is 18.3. The zero-order valence-corrected chi connectivity index (χ0v) is 18.3. The number of carbonyl (C=O) groups is 1. The number of anilines is 1. The lowest BCUT2D eigenvalue weighted by Gasteiger charge is -2.36. The summed E-state index contributed by atoms with van der Waals surface area (Å²) in [6, 6.07) is 5.54. The molecule has 0 radical (unpaired) electrons. The van der Waals surface area contributed by atoms with E-state index in [0.717, 1.165) is 0 Å². The van der Waals surface area contributed by atoms with Gasteiger partial charge in [0.1, 0.15) is 11.5 Å². The van der Waals surface area contributed by atoms with E-state index in [2.05, 4.69) is 15.3 Å². The molecular weight excluding hydrogens is 435 g/mol. The van der Waals surface area contributed by atoms with Crippen molar-refractivity contribution in [3.8, 4) is 0 Å². The second kappa shape index (κ2) is 9.22. The van der Waals surface area contributed by atoms with Crippen LogP contribution in [0.5, 0.6) is 0 Å². The number of hydrogen-bond acceptors (Lipinski definition) is 5. The van der Waals surface area contributed by atoms with Gasteiger partial charge >= 0.3 is 0 Å². The van der Waals surface area contributed by atoms with E-state index in [1.54, 1.807) is 11.8 Å². The minimum absolute atomic E-state index is 0.00436. The van der Waals surface area contributed by atoms with Crippen molar-refractivity contribution in [2.24, 2.45) is 0 Å². The largest absolute Gasteiger partial charge is 0.365 e. The van der Waals surface area contributed by atoms with Crippen LogP contribution in [0.25, 0.3) is 10.9 Å². The van der Waals surface area contributed by atoms with Crippen molar-refractivity contribution < 1.29 is 18.0 Å². The highest BCUT2D eigenvalue weighted by Gasteiger charge is 2.23. The van der Waals surface area contributed by atoms with E-state index in [-0.39, 0.29) is 34.4 Å². The Morgan fingerprint density at radius 2 is 1.85 bits per heavy atom. The fourth-order valence-corrected chi connectivity index (χ4v) is 4.07. The van der Waals surface area contributed by atoms with Crippen LogP contribution < -0.4 is 15.8 Å². The van der Waals surface area contributed by atoms with E-state index in [1.807, 2.05) is 4.90 Å². The first-order valence-electron chi connectivity index (χ1n) is 10.7. The van der Waals surface area contributed by atoms with Gasteiger partial charge in [-0.05, 0) is 30.7 Å². The van der Waals surface area contributed by atoms with E-state index >= 15 is 4.39 Å². The molecule has 0 unspecified atom stereocenters. The Kier molecular flexibility index (Phi) is 6.37. The Morgan fingerprint density at radius 3 is 2.48 bits per heavy atom. The van der Waals surface area contributed by atoms with Crippen molar-refractivity contribution in [1.29, 1.82) is 0 Å². The molecule has 1 aromatic carbocycles. The van der Waals surface area contributed by atoms with Gasteiger partial charge in [0, 0.05) is 56.3 Å². The van der Waals surface area contributed by atoms with Crippen LogP contribution in [-0.2, 0) is 13.0 Å². The van der Waals surface area contributed by atoms with E-state index < -0.39 is 29.0 Å². The third-order valence-electron chi connectivity index (χ3n) is 5.95. The first-order valence-corrected chi connectivity index (χ1v) is 10.7. The minimum Gasteiger partial charge on any atom is -0.365 e. The fraction of sp³-hybridized carbons (Fsp3) is 0.348. The van der Waals surface area contributed by atoms with Crippen LogP contribution >= 0.6 is 0 Å². The number of nitrogens with one attached hydrogen (secondary N) is 2. The molecule has 10 heteroatoms. The molecule has 1 saturated heterocycles. The molecule has 174 valence electrons. The molecule has 3 heterocycles. The monoisotopic (exact) mass is 459 g/mol. The lowest BCUT2D eigenvalue weighted by Crippen LogP contribution is -2.46. The molecule has 0 aliphatic carbocycles. The van der Waals surface area contributed by atoms with Crippen molar-refractivity contribution in [2.45, 2.75) is 19.9 Å². The average Bonchev–Trinajstić information content (AvgIpc) is 2.82. The van der Waals surface area contributed by atoms with Crippen molar-refractivity contribution in [3.63, 3.8) is 0 Å². The Bertz CT molecular complexity index is 1270. The summed E-state index contributed by atoms with van der Waals surface area (Å²) in [6.45, 7) is 3.80. The molecule has 0 bridgehead atoms. The first kappa shape index (κ1) is 22.8. The molecule has 2 N–H and O–H groups in total. The summed E-state index contributed by atoms with van der Waals surface area (Å²) < 4.78 is 44.2. The molecule has 1 aliphatic rings. The molecule has 0 atom stereocenters. The highest BCUT2D eigenvalue weighted by Crippen LogP contribution is 2.25. The molecule has 2 aromatic heterocycles. The van der Waals surface area contributed by atoms with Gasteiger partial charge in [-0.1, -0.05) is 6.92 Å². The number of nitrogens with zero attached hydrogens (tertiary/aromatic N) is 3. The highest BCUT2D eigenvalue weighted by molar-refractivity contribution is 5.92. The van der Waals surface area contributed by atoms with Crippen LogP contribution in [0.3, 0.4) is 0 Å². The molecule has 1 fully saturated rings. The van der Waals surface area contributed by atoms with Crippen LogP contribution in [0.4, 0.5) is 18.9 Å². The van der Waals surface area contributed by atoms with Gasteiger partial charge in [0.15, 0.2) is 5.82 Å². The van der Waals surface area contributed by atoms with Gasteiger partial charge in [-0.15, -0.1) is 0 Å². The summed E-state index contributed by atoms with van der Waals surface area (Å²) in [7, 11) is 1.44. The topological polar surface area (TPSA) is 81.3 Å². The number of aromatic amines is 1. The van der Waals surface area contributed by atoms with Crippen LogP contribution in [-0.4, -0.2) is 54.0 Å². The molecule has 0 saturated carbocycles. The maximum Gasteiger partial charge on any atom is 0.269 e. The van der Waals surface area contributed by atoms with E-state index in [1.165, 1.54) is 31.3 Å². The Balaban J connectivity index is 1.49. The van der Waals surface area contributed by atoms with Gasteiger partial charge in [0.2, 0.25) is 5.95 Å². The van der Waals surface area contributed by atoms with Gasteiger partial charge < -0.3 is 15.2 Å². The molecule has 7 nitrogen and oxygen atoms in total. The van der Waals surface area contributed by atoms with Crippen molar-refractivity contribution in [3.05, 3.63) is 69.0 Å². The number of halogens is 3. The Morgan fingerprint density at radius 1 is 1.12 bits per heavy atom. The number of carbonyl (C=O) groups excluding carboxylic acids is 1. The van der Waals surface area contributed by atoms with Crippen LogP contribution in [0.2, 0.25) is 0 Å². The highest BCUT2D eigenvalue weighted by atomic mass is 19.1. The molecule has 1 aliphatic heterocycles. The van der Waals surface area contributed by atoms with Gasteiger partial charge in [-0.2, -0.15) is 4.39 Å². The van der Waals surface area contributed by atoms with Crippen molar-refractivity contribution >= 4 is 22.5 Å². The summed E-state index contributed by atoms with van der Waals surface area (Å²) in [6.07, 6.45) is 0.420. The van der Waals surface area contributed by atoms with E-state index in [4.69, 9.17) is 0 Å². The Hall–Kier alpha value is -3.40. The lowest BCUT2D eigenvalue weighted by atomic mass is 10.1. The summed E-state index contributed by atoms with van der Waals surface area (Å²) in [5.74, 6) is -2.44. The molecular formula is C23H24F3N5O2. The van der Waals surface area contributed by atoms with Gasteiger partial charge in [-0.25, -0.2) is 13.8 Å². The standard InChI is InChI=1S/C23H24F3N5O2/c1-3-13-10-15-16(24)11-14(19(25)20(15)29-22(13)32)12-30-6-8-31(9-7-30)18-5-4-17(23(33)27-2)28-21(18)26/h4-5,10-11H,3,6-9,12H2,1-2H3,(H,27,33)(H,29,32). The van der Waals surface area contributed by atoms with Gasteiger partial charge in [-0.3, -0.25) is 14.5 Å².